The molecule has 126 valence electrons. The first-order valence-corrected chi connectivity index (χ1v) is 8.35. The zero-order chi connectivity index (χ0) is 16.5. The van der Waals surface area contributed by atoms with Gasteiger partial charge < -0.3 is 10.2 Å². The quantitative estimate of drug-likeness (QED) is 0.768. The fourth-order valence-electron chi connectivity index (χ4n) is 3.37. The largest absolute Gasteiger partial charge is 0.349 e. The third kappa shape index (κ3) is 2.91. The number of carbonyl (C=O) groups is 1. The monoisotopic (exact) mass is 328 g/mol. The Morgan fingerprint density at radius 3 is 2.79 bits per heavy atom. The Morgan fingerprint density at radius 2 is 2.08 bits per heavy atom. The second-order valence-electron chi connectivity index (χ2n) is 6.51. The summed E-state index contributed by atoms with van der Waals surface area (Å²) >= 11 is 0. The molecule has 24 heavy (non-hydrogen) atoms. The fourth-order valence-corrected chi connectivity index (χ4v) is 3.37. The fraction of sp³-hybridized carbons (Fsp3) is 0.500. The molecule has 1 amide bonds. The maximum absolute atomic E-state index is 12.0. The molecular weight excluding hydrogens is 308 g/mol. The molecule has 2 aliphatic rings. The molecule has 2 fully saturated rings. The highest BCUT2D eigenvalue weighted by atomic mass is 16.1. The molecular formula is C16H20N6O2. The summed E-state index contributed by atoms with van der Waals surface area (Å²) in [5.74, 6) is 0.785. The first-order chi connectivity index (χ1) is 11.7. The van der Waals surface area contributed by atoms with E-state index in [9.17, 15) is 9.59 Å². The maximum Gasteiger partial charge on any atom is 0.254 e. The highest BCUT2D eigenvalue weighted by Gasteiger charge is 2.33. The van der Waals surface area contributed by atoms with Gasteiger partial charge in [-0.1, -0.05) is 0 Å². The Balaban J connectivity index is 1.39. The molecule has 0 atom stereocenters. The lowest BCUT2D eigenvalue weighted by Gasteiger charge is -2.35. The normalized spacial score (nSPS) is 23.1. The van der Waals surface area contributed by atoms with E-state index >= 15 is 0 Å². The summed E-state index contributed by atoms with van der Waals surface area (Å²) in [6, 6.07) is 1.70. The lowest BCUT2D eigenvalue weighted by atomic mass is 9.78. The zero-order valence-electron chi connectivity index (χ0n) is 13.3. The number of aromatic amines is 2. The van der Waals surface area contributed by atoms with Gasteiger partial charge in [0.25, 0.3) is 11.5 Å². The van der Waals surface area contributed by atoms with Crippen molar-refractivity contribution in [2.75, 3.05) is 18.0 Å². The van der Waals surface area contributed by atoms with Gasteiger partial charge in [0.2, 0.25) is 5.95 Å². The molecule has 0 unspecified atom stereocenters. The molecule has 1 saturated carbocycles. The van der Waals surface area contributed by atoms with E-state index < -0.39 is 0 Å². The van der Waals surface area contributed by atoms with Gasteiger partial charge in [0.05, 0.1) is 17.5 Å². The number of hydrogen-bond donors (Lipinski definition) is 3. The van der Waals surface area contributed by atoms with Gasteiger partial charge in [-0.15, -0.1) is 0 Å². The van der Waals surface area contributed by atoms with Crippen LogP contribution in [0.4, 0.5) is 5.95 Å². The van der Waals surface area contributed by atoms with Crippen LogP contribution in [0.2, 0.25) is 0 Å². The van der Waals surface area contributed by atoms with Crippen molar-refractivity contribution in [1.82, 2.24) is 25.5 Å². The van der Waals surface area contributed by atoms with Crippen LogP contribution >= 0.6 is 0 Å². The summed E-state index contributed by atoms with van der Waals surface area (Å²) in [7, 11) is 0. The molecule has 2 aromatic rings. The Morgan fingerprint density at radius 1 is 1.29 bits per heavy atom. The van der Waals surface area contributed by atoms with Crippen molar-refractivity contribution < 1.29 is 4.79 Å². The number of carbonyl (C=O) groups excluding carboxylic acids is 1. The van der Waals surface area contributed by atoms with E-state index in [-0.39, 0.29) is 23.4 Å². The number of anilines is 1. The summed E-state index contributed by atoms with van der Waals surface area (Å²) < 4.78 is 0. The van der Waals surface area contributed by atoms with Crippen molar-refractivity contribution in [3.05, 3.63) is 40.1 Å². The number of amides is 1. The summed E-state index contributed by atoms with van der Waals surface area (Å²) in [6.07, 6.45) is 6.97. The van der Waals surface area contributed by atoms with Crippen LogP contribution in [0.5, 0.6) is 0 Å². The summed E-state index contributed by atoms with van der Waals surface area (Å²) in [5.41, 5.74) is 1.26. The average molecular weight is 328 g/mol. The van der Waals surface area contributed by atoms with Gasteiger partial charge in [0.15, 0.2) is 0 Å². The van der Waals surface area contributed by atoms with Gasteiger partial charge in [-0.3, -0.25) is 19.7 Å². The van der Waals surface area contributed by atoms with Crippen molar-refractivity contribution in [2.24, 2.45) is 0 Å². The van der Waals surface area contributed by atoms with Gasteiger partial charge in [0, 0.05) is 37.3 Å². The van der Waals surface area contributed by atoms with Gasteiger partial charge >= 0.3 is 0 Å². The Kier molecular flexibility index (Phi) is 3.79. The minimum absolute atomic E-state index is 0.104. The predicted molar refractivity (Wildman–Crippen MR) is 88.1 cm³/mol. The third-order valence-electron chi connectivity index (χ3n) is 4.81. The topological polar surface area (TPSA) is 107 Å². The molecule has 1 aliphatic heterocycles. The molecule has 3 N–H and O–H groups in total. The van der Waals surface area contributed by atoms with Gasteiger partial charge in [-0.25, -0.2) is 4.98 Å². The summed E-state index contributed by atoms with van der Waals surface area (Å²) in [4.78, 5) is 33.5. The standard InChI is InChI=1S/C16H20N6O2/c23-14-7-13(20-16(21-14)22-3-1-2-4-22)10-5-12(6-10)19-15(24)11-8-17-18-9-11/h7-10,12H,1-6H2,(H,17,18)(H,19,24)(H,20,21,23). The molecule has 0 radical (unpaired) electrons. The average Bonchev–Trinajstić information content (AvgIpc) is 3.22. The zero-order valence-corrected chi connectivity index (χ0v) is 13.3. The van der Waals surface area contributed by atoms with Crippen LogP contribution in [0, 0.1) is 0 Å². The van der Waals surface area contributed by atoms with Crippen LogP contribution in [0.3, 0.4) is 0 Å². The van der Waals surface area contributed by atoms with Gasteiger partial charge in [-0.05, 0) is 25.7 Å². The first kappa shape index (κ1) is 14.9. The predicted octanol–water partition coefficient (Wildman–Crippen LogP) is 0.769. The summed E-state index contributed by atoms with van der Waals surface area (Å²) in [5, 5.41) is 9.39. The van der Waals surface area contributed by atoms with E-state index in [0.29, 0.717) is 11.5 Å². The maximum atomic E-state index is 12.0. The second-order valence-corrected chi connectivity index (χ2v) is 6.51. The van der Waals surface area contributed by atoms with E-state index in [1.807, 2.05) is 0 Å². The highest BCUT2D eigenvalue weighted by Crippen LogP contribution is 2.36. The molecule has 0 bridgehead atoms. The Hall–Kier alpha value is -2.64. The number of rotatable bonds is 4. The van der Waals surface area contributed by atoms with Gasteiger partial charge in [0.1, 0.15) is 0 Å². The van der Waals surface area contributed by atoms with E-state index in [1.165, 1.54) is 6.20 Å². The molecule has 0 spiro atoms. The van der Waals surface area contributed by atoms with Gasteiger partial charge in [-0.2, -0.15) is 5.10 Å². The second kappa shape index (κ2) is 6.10. The lowest BCUT2D eigenvalue weighted by Crippen LogP contribution is -2.43. The Bertz CT molecular complexity index is 772. The molecule has 8 heteroatoms. The Labute approximate surface area is 138 Å². The van der Waals surface area contributed by atoms with Crippen LogP contribution in [-0.2, 0) is 0 Å². The number of H-pyrrole nitrogens is 2. The number of nitrogens with one attached hydrogen (secondary N) is 3. The smallest absolute Gasteiger partial charge is 0.254 e. The minimum Gasteiger partial charge on any atom is -0.349 e. The molecule has 3 heterocycles. The minimum atomic E-state index is -0.121. The summed E-state index contributed by atoms with van der Waals surface area (Å²) in [6.45, 7) is 1.89. The van der Waals surface area contributed by atoms with Crippen molar-refractivity contribution >= 4 is 11.9 Å². The van der Waals surface area contributed by atoms with E-state index in [2.05, 4.69) is 30.4 Å². The highest BCUT2D eigenvalue weighted by molar-refractivity contribution is 5.93. The lowest BCUT2D eigenvalue weighted by molar-refractivity contribution is 0.0908. The van der Waals surface area contributed by atoms with Crippen LogP contribution < -0.4 is 15.8 Å². The number of aromatic nitrogens is 4. The molecule has 1 saturated heterocycles. The molecule has 4 rings (SSSR count). The van der Waals surface area contributed by atoms with Crippen molar-refractivity contribution in [2.45, 2.75) is 37.6 Å². The van der Waals surface area contributed by atoms with E-state index in [4.69, 9.17) is 0 Å². The number of hydrogen-bond acceptors (Lipinski definition) is 5. The third-order valence-corrected chi connectivity index (χ3v) is 4.81. The molecule has 1 aliphatic carbocycles. The molecule has 2 aromatic heterocycles. The van der Waals surface area contributed by atoms with Crippen molar-refractivity contribution in [1.29, 1.82) is 0 Å². The van der Waals surface area contributed by atoms with E-state index in [1.54, 1.807) is 12.3 Å². The van der Waals surface area contributed by atoms with Crippen molar-refractivity contribution in [3.63, 3.8) is 0 Å². The molecule has 8 nitrogen and oxygen atoms in total. The van der Waals surface area contributed by atoms with Crippen molar-refractivity contribution in [3.8, 4) is 0 Å². The van der Waals surface area contributed by atoms with Crippen LogP contribution in [0.1, 0.15) is 47.7 Å². The first-order valence-electron chi connectivity index (χ1n) is 8.35. The van der Waals surface area contributed by atoms with Crippen LogP contribution in [0.25, 0.3) is 0 Å². The van der Waals surface area contributed by atoms with Crippen LogP contribution in [0.15, 0.2) is 23.3 Å². The molecule has 0 aromatic carbocycles. The van der Waals surface area contributed by atoms with Crippen LogP contribution in [-0.4, -0.2) is 45.2 Å². The SMILES string of the molecule is O=C(NC1CC(c2cc(=O)[nH]c(N3CCCC3)n2)C1)c1cn[nH]c1. The number of nitrogens with zero attached hydrogens (tertiary/aromatic N) is 3. The van der Waals surface area contributed by atoms with E-state index in [0.717, 1.165) is 44.5 Å².